The Hall–Kier alpha value is -0.140. The largest absolute Gasteiger partial charge is 0.329 e. The first-order chi connectivity index (χ1) is 8.46. The van der Waals surface area contributed by atoms with Crippen molar-refractivity contribution in [3.8, 4) is 0 Å². The average molecular weight is 325 g/mol. The third-order valence-corrected chi connectivity index (χ3v) is 6.98. The fourth-order valence-corrected chi connectivity index (χ4v) is 5.71. The summed E-state index contributed by atoms with van der Waals surface area (Å²) in [6.45, 7) is 4.98. The van der Waals surface area contributed by atoms with Gasteiger partial charge < -0.3 is 5.73 Å². The quantitative estimate of drug-likeness (QED) is 0.927. The molecule has 0 spiro atoms. The van der Waals surface area contributed by atoms with Gasteiger partial charge in [0.05, 0.1) is 0 Å². The van der Waals surface area contributed by atoms with E-state index in [1.165, 1.54) is 11.3 Å². The van der Waals surface area contributed by atoms with E-state index in [2.05, 4.69) is 6.92 Å². The highest BCUT2D eigenvalue weighted by Gasteiger charge is 2.36. The molecular formula is C12H21ClN2O2S2. The normalized spacial score (nSPS) is 25.0. The van der Waals surface area contributed by atoms with Crippen molar-refractivity contribution in [2.45, 2.75) is 36.9 Å². The monoisotopic (exact) mass is 324 g/mol. The Morgan fingerprint density at radius 2 is 2.16 bits per heavy atom. The lowest BCUT2D eigenvalue weighted by atomic mass is 9.93. The van der Waals surface area contributed by atoms with Gasteiger partial charge in [0.1, 0.15) is 4.21 Å². The van der Waals surface area contributed by atoms with Crippen molar-refractivity contribution in [3.05, 3.63) is 17.0 Å². The highest BCUT2D eigenvalue weighted by atomic mass is 35.5. The number of sulfonamides is 1. The number of hydrogen-bond acceptors (Lipinski definition) is 4. The summed E-state index contributed by atoms with van der Waals surface area (Å²) in [5.41, 5.74) is 5.76. The number of rotatable bonds is 3. The molecular weight excluding hydrogens is 304 g/mol. The predicted octanol–water partition coefficient (Wildman–Crippen LogP) is 2.23. The van der Waals surface area contributed by atoms with E-state index in [1.54, 1.807) is 10.4 Å². The summed E-state index contributed by atoms with van der Waals surface area (Å²) in [6, 6.07) is 3.48. The minimum absolute atomic E-state index is 0. The maximum absolute atomic E-state index is 12.6. The lowest BCUT2D eigenvalue weighted by molar-refractivity contribution is 0.193. The molecule has 4 nitrogen and oxygen atoms in total. The summed E-state index contributed by atoms with van der Waals surface area (Å²) in [5.74, 6) is 0.333. The standard InChI is InChI=1S/C12H20N2O2S2.ClH/c1-9-4-3-7-14(11(9)8-13)18(15,16)12-6-5-10(2)17-12;/h5-6,9,11H,3-4,7-8,13H2,1-2H3;1H. The molecule has 1 aliphatic rings. The number of nitrogens with two attached hydrogens (primary N) is 1. The van der Waals surface area contributed by atoms with Crippen molar-refractivity contribution in [1.29, 1.82) is 0 Å². The van der Waals surface area contributed by atoms with Gasteiger partial charge in [0.25, 0.3) is 10.0 Å². The summed E-state index contributed by atoms with van der Waals surface area (Å²) < 4.78 is 27.2. The lowest BCUT2D eigenvalue weighted by Crippen LogP contribution is -2.51. The van der Waals surface area contributed by atoms with E-state index >= 15 is 0 Å². The van der Waals surface area contributed by atoms with Gasteiger partial charge in [-0.25, -0.2) is 8.42 Å². The van der Waals surface area contributed by atoms with E-state index in [0.717, 1.165) is 17.7 Å². The number of thiophene rings is 1. The van der Waals surface area contributed by atoms with Crippen LogP contribution in [0.1, 0.15) is 24.6 Å². The average Bonchev–Trinajstić information content (AvgIpc) is 2.76. The zero-order chi connectivity index (χ0) is 13.3. The van der Waals surface area contributed by atoms with Crippen molar-refractivity contribution in [2.24, 2.45) is 11.7 Å². The Bertz CT molecular complexity index is 516. The van der Waals surface area contributed by atoms with Crippen LogP contribution in [0, 0.1) is 12.8 Å². The van der Waals surface area contributed by atoms with Crippen molar-refractivity contribution >= 4 is 33.8 Å². The highest BCUT2D eigenvalue weighted by Crippen LogP contribution is 2.31. The first-order valence-electron chi connectivity index (χ1n) is 6.25. The minimum atomic E-state index is -3.36. The lowest BCUT2D eigenvalue weighted by Gasteiger charge is -2.37. The molecule has 0 radical (unpaired) electrons. The van der Waals surface area contributed by atoms with Crippen molar-refractivity contribution < 1.29 is 8.42 Å². The van der Waals surface area contributed by atoms with Crippen LogP contribution in [0.3, 0.4) is 0 Å². The molecule has 1 aliphatic heterocycles. The molecule has 0 aliphatic carbocycles. The van der Waals surface area contributed by atoms with Crippen molar-refractivity contribution in [2.75, 3.05) is 13.1 Å². The van der Waals surface area contributed by atoms with Crippen molar-refractivity contribution in [3.63, 3.8) is 0 Å². The smallest absolute Gasteiger partial charge is 0.252 e. The summed E-state index contributed by atoms with van der Waals surface area (Å²) in [5, 5.41) is 0. The van der Waals surface area contributed by atoms with Crippen LogP contribution in [0.2, 0.25) is 0 Å². The zero-order valence-electron chi connectivity index (χ0n) is 11.2. The van der Waals surface area contributed by atoms with Gasteiger partial charge >= 0.3 is 0 Å². The molecule has 2 rings (SSSR count). The van der Waals surface area contributed by atoms with Gasteiger partial charge in [-0.3, -0.25) is 0 Å². The second-order valence-corrected chi connectivity index (χ2v) is 8.31. The van der Waals surface area contributed by atoms with E-state index < -0.39 is 10.0 Å². The van der Waals surface area contributed by atoms with Crippen LogP contribution in [0.4, 0.5) is 0 Å². The molecule has 2 N–H and O–H groups in total. The topological polar surface area (TPSA) is 63.4 Å². The molecule has 2 unspecified atom stereocenters. The van der Waals surface area contributed by atoms with Gasteiger partial charge in [0, 0.05) is 24.0 Å². The minimum Gasteiger partial charge on any atom is -0.329 e. The molecule has 7 heteroatoms. The van der Waals surface area contributed by atoms with Gasteiger partial charge in [-0.05, 0) is 37.8 Å². The van der Waals surface area contributed by atoms with Crippen LogP contribution < -0.4 is 5.73 Å². The van der Waals surface area contributed by atoms with Gasteiger partial charge in [-0.15, -0.1) is 23.7 Å². The molecule has 0 aromatic carbocycles. The number of aryl methyl sites for hydroxylation is 1. The summed E-state index contributed by atoms with van der Waals surface area (Å²) in [4.78, 5) is 1.02. The fraction of sp³-hybridized carbons (Fsp3) is 0.667. The first-order valence-corrected chi connectivity index (χ1v) is 8.51. The molecule has 110 valence electrons. The Labute approximate surface area is 125 Å². The molecule has 1 aromatic heterocycles. The molecule has 19 heavy (non-hydrogen) atoms. The van der Waals surface area contributed by atoms with Crippen LogP contribution in [0.15, 0.2) is 16.3 Å². The molecule has 2 atom stereocenters. The van der Waals surface area contributed by atoms with E-state index in [-0.39, 0.29) is 18.4 Å². The first kappa shape index (κ1) is 16.9. The number of halogens is 1. The number of hydrogen-bond donors (Lipinski definition) is 1. The molecule has 0 bridgehead atoms. The third kappa shape index (κ3) is 3.31. The van der Waals surface area contributed by atoms with Crippen LogP contribution in [0.5, 0.6) is 0 Å². The molecule has 2 heterocycles. The second-order valence-electron chi connectivity index (χ2n) is 4.90. The van der Waals surface area contributed by atoms with E-state index in [9.17, 15) is 8.42 Å². The Balaban J connectivity index is 0.00000180. The van der Waals surface area contributed by atoms with Gasteiger partial charge in [-0.1, -0.05) is 6.92 Å². The molecule has 1 aromatic rings. The van der Waals surface area contributed by atoms with Crippen LogP contribution in [-0.4, -0.2) is 31.9 Å². The Kier molecular flexibility index (Phi) is 5.82. The summed E-state index contributed by atoms with van der Waals surface area (Å²) in [6.07, 6.45) is 1.97. The van der Waals surface area contributed by atoms with Crippen molar-refractivity contribution in [1.82, 2.24) is 4.31 Å². The maximum atomic E-state index is 12.6. The Morgan fingerprint density at radius 3 is 2.68 bits per heavy atom. The number of piperidine rings is 1. The second kappa shape index (κ2) is 6.54. The maximum Gasteiger partial charge on any atom is 0.252 e. The predicted molar refractivity (Wildman–Crippen MR) is 81.4 cm³/mol. The highest BCUT2D eigenvalue weighted by molar-refractivity contribution is 7.91. The third-order valence-electron chi connectivity index (χ3n) is 3.58. The molecule has 0 saturated carbocycles. The van der Waals surface area contributed by atoms with Crippen LogP contribution >= 0.6 is 23.7 Å². The Morgan fingerprint density at radius 1 is 1.47 bits per heavy atom. The molecule has 1 saturated heterocycles. The van der Waals surface area contributed by atoms with Gasteiger partial charge in [0.2, 0.25) is 0 Å². The van der Waals surface area contributed by atoms with Crippen LogP contribution in [-0.2, 0) is 10.0 Å². The zero-order valence-corrected chi connectivity index (χ0v) is 13.7. The SMILES string of the molecule is Cc1ccc(S(=O)(=O)N2CCCC(C)C2CN)s1.Cl. The van der Waals surface area contributed by atoms with Crippen LogP contribution in [0.25, 0.3) is 0 Å². The summed E-state index contributed by atoms with van der Waals surface area (Å²) >= 11 is 1.33. The number of nitrogens with zero attached hydrogens (tertiary/aromatic N) is 1. The van der Waals surface area contributed by atoms with E-state index in [0.29, 0.717) is 23.2 Å². The molecule has 0 amide bonds. The van der Waals surface area contributed by atoms with E-state index in [1.807, 2.05) is 13.0 Å². The summed E-state index contributed by atoms with van der Waals surface area (Å²) in [7, 11) is -3.36. The fourth-order valence-electron chi connectivity index (χ4n) is 2.53. The molecule has 1 fully saturated rings. The van der Waals surface area contributed by atoms with E-state index in [4.69, 9.17) is 5.73 Å². The van der Waals surface area contributed by atoms with Gasteiger partial charge in [-0.2, -0.15) is 4.31 Å². The van der Waals surface area contributed by atoms with Gasteiger partial charge in [0.15, 0.2) is 0 Å².